The summed E-state index contributed by atoms with van der Waals surface area (Å²) in [6.45, 7) is 3.68. The van der Waals surface area contributed by atoms with E-state index in [1.165, 1.54) is 10.5 Å². The number of piperazine rings is 1. The topological polar surface area (TPSA) is 131 Å². The van der Waals surface area contributed by atoms with Crippen molar-refractivity contribution < 1.29 is 18.1 Å². The van der Waals surface area contributed by atoms with Gasteiger partial charge in [-0.2, -0.15) is 9.29 Å². The van der Waals surface area contributed by atoms with Gasteiger partial charge in [0.05, 0.1) is 16.4 Å². The van der Waals surface area contributed by atoms with Gasteiger partial charge in [-0.25, -0.2) is 13.4 Å². The molecule has 1 saturated heterocycles. The van der Waals surface area contributed by atoms with Crippen LogP contribution in [-0.4, -0.2) is 66.4 Å². The third-order valence-electron chi connectivity index (χ3n) is 5.17. The molecule has 31 heavy (non-hydrogen) atoms. The number of benzene rings is 1. The minimum absolute atomic E-state index is 0.160. The van der Waals surface area contributed by atoms with Gasteiger partial charge in [0.2, 0.25) is 21.8 Å². The van der Waals surface area contributed by atoms with Crippen LogP contribution in [0, 0.1) is 10.1 Å². The molecule has 2 aliphatic rings. The van der Waals surface area contributed by atoms with Gasteiger partial charge in [-0.3, -0.25) is 10.1 Å². The first kappa shape index (κ1) is 21.2. The van der Waals surface area contributed by atoms with Crippen LogP contribution in [0.3, 0.4) is 0 Å². The number of nitrogens with zero attached hydrogens (tertiary/aromatic N) is 5. The van der Waals surface area contributed by atoms with Gasteiger partial charge < -0.3 is 15.0 Å². The van der Waals surface area contributed by atoms with Crippen molar-refractivity contribution in [3.63, 3.8) is 0 Å². The first-order valence-corrected chi connectivity index (χ1v) is 11.6. The highest BCUT2D eigenvalue weighted by molar-refractivity contribution is 7.89. The molecule has 0 spiro atoms. The van der Waals surface area contributed by atoms with E-state index in [2.05, 4.69) is 15.3 Å². The van der Waals surface area contributed by atoms with Crippen molar-refractivity contribution in [1.82, 2.24) is 14.3 Å². The number of aromatic nitrogens is 2. The van der Waals surface area contributed by atoms with E-state index in [-0.39, 0.29) is 35.5 Å². The van der Waals surface area contributed by atoms with Crippen LogP contribution >= 0.6 is 0 Å². The van der Waals surface area contributed by atoms with E-state index in [1.54, 1.807) is 24.3 Å². The smallest absolute Gasteiger partial charge is 0.329 e. The molecule has 1 aromatic carbocycles. The zero-order valence-electron chi connectivity index (χ0n) is 17.1. The fraction of sp³-hybridized carbons (Fsp3) is 0.474. The van der Waals surface area contributed by atoms with Gasteiger partial charge >= 0.3 is 5.69 Å². The lowest BCUT2D eigenvalue weighted by Gasteiger charge is -2.34. The summed E-state index contributed by atoms with van der Waals surface area (Å²) in [5.41, 5.74) is -0.160. The Hall–Kier alpha value is -2.99. The average Bonchev–Trinajstić information content (AvgIpc) is 3.58. The summed E-state index contributed by atoms with van der Waals surface area (Å²) in [7, 11) is -3.62. The van der Waals surface area contributed by atoms with Crippen molar-refractivity contribution in [3.05, 3.63) is 40.6 Å². The quantitative estimate of drug-likeness (QED) is 0.475. The Morgan fingerprint density at radius 2 is 1.87 bits per heavy atom. The van der Waals surface area contributed by atoms with Gasteiger partial charge in [0.15, 0.2) is 0 Å². The number of nitrogens with one attached hydrogen (secondary N) is 1. The summed E-state index contributed by atoms with van der Waals surface area (Å²) in [6.07, 6.45) is 3.12. The lowest BCUT2D eigenvalue weighted by atomic mass is 10.3. The largest absolute Gasteiger partial charge is 0.494 e. The van der Waals surface area contributed by atoms with Crippen molar-refractivity contribution in [2.24, 2.45) is 0 Å². The molecular formula is C19H24N6O5S. The van der Waals surface area contributed by atoms with E-state index in [4.69, 9.17) is 4.74 Å². The summed E-state index contributed by atoms with van der Waals surface area (Å²) in [5.74, 6) is 1.19. The molecule has 0 bridgehead atoms. The molecule has 2 fully saturated rings. The number of nitro groups is 1. The third-order valence-corrected chi connectivity index (χ3v) is 7.08. The Kier molecular flexibility index (Phi) is 5.92. The Bertz CT molecular complexity index is 1050. The van der Waals surface area contributed by atoms with Crippen LogP contribution in [0.4, 0.5) is 17.5 Å². The highest BCUT2D eigenvalue weighted by atomic mass is 32.2. The van der Waals surface area contributed by atoms with Crippen LogP contribution in [0.2, 0.25) is 0 Å². The van der Waals surface area contributed by atoms with E-state index in [0.29, 0.717) is 31.4 Å². The fourth-order valence-corrected chi connectivity index (χ4v) is 4.75. The molecule has 0 atom stereocenters. The van der Waals surface area contributed by atoms with E-state index in [0.717, 1.165) is 12.8 Å². The predicted octanol–water partition coefficient (Wildman–Crippen LogP) is 1.87. The van der Waals surface area contributed by atoms with Crippen LogP contribution in [-0.2, 0) is 10.0 Å². The summed E-state index contributed by atoms with van der Waals surface area (Å²) >= 11 is 0. The number of hydrogen-bond acceptors (Lipinski definition) is 9. The number of sulfonamides is 1. The number of anilines is 2. The maximum Gasteiger partial charge on any atom is 0.329 e. The van der Waals surface area contributed by atoms with Crippen LogP contribution in [0.25, 0.3) is 0 Å². The molecule has 0 unspecified atom stereocenters. The maximum absolute atomic E-state index is 13.0. The summed E-state index contributed by atoms with van der Waals surface area (Å²) in [5, 5.41) is 14.3. The van der Waals surface area contributed by atoms with Crippen LogP contribution < -0.4 is 15.0 Å². The minimum atomic E-state index is -3.62. The molecule has 12 heteroatoms. The molecule has 1 aromatic heterocycles. The summed E-state index contributed by atoms with van der Waals surface area (Å²) in [6, 6.07) is 6.58. The third kappa shape index (κ3) is 4.69. The average molecular weight is 449 g/mol. The molecule has 166 valence electrons. The Morgan fingerprint density at radius 3 is 2.45 bits per heavy atom. The zero-order valence-corrected chi connectivity index (χ0v) is 17.9. The lowest BCUT2D eigenvalue weighted by molar-refractivity contribution is -0.384. The highest BCUT2D eigenvalue weighted by Crippen LogP contribution is 2.30. The number of hydrogen-bond donors (Lipinski definition) is 1. The van der Waals surface area contributed by atoms with Crippen molar-refractivity contribution in [3.8, 4) is 5.75 Å². The second kappa shape index (κ2) is 8.63. The molecule has 2 heterocycles. The Morgan fingerprint density at radius 1 is 1.19 bits per heavy atom. The van der Waals surface area contributed by atoms with E-state index in [9.17, 15) is 18.5 Å². The molecular weight excluding hydrogens is 424 g/mol. The van der Waals surface area contributed by atoms with Crippen molar-refractivity contribution in [1.29, 1.82) is 0 Å². The van der Waals surface area contributed by atoms with E-state index >= 15 is 0 Å². The van der Waals surface area contributed by atoms with Crippen LogP contribution in [0.1, 0.15) is 19.8 Å². The molecule has 2 aromatic rings. The van der Waals surface area contributed by atoms with Gasteiger partial charge in [-0.05, 0) is 44.0 Å². The van der Waals surface area contributed by atoms with Gasteiger partial charge in [0.25, 0.3) is 0 Å². The SMILES string of the molecule is CCOc1ccc(S(=O)(=O)N2CCN(c3ncc([N+](=O)[O-])c(NC4CC4)n3)CC2)cc1. The molecule has 1 saturated carbocycles. The lowest BCUT2D eigenvalue weighted by Crippen LogP contribution is -2.49. The highest BCUT2D eigenvalue weighted by Gasteiger charge is 2.31. The second-order valence-corrected chi connectivity index (χ2v) is 9.31. The first-order chi connectivity index (χ1) is 14.9. The van der Waals surface area contributed by atoms with Gasteiger partial charge in [-0.15, -0.1) is 0 Å². The van der Waals surface area contributed by atoms with Gasteiger partial charge in [-0.1, -0.05) is 0 Å². The summed E-state index contributed by atoms with van der Waals surface area (Å²) < 4.78 is 32.7. The summed E-state index contributed by atoms with van der Waals surface area (Å²) in [4.78, 5) is 21.3. The molecule has 0 radical (unpaired) electrons. The van der Waals surface area contributed by atoms with Crippen molar-refractivity contribution in [2.75, 3.05) is 43.0 Å². The minimum Gasteiger partial charge on any atom is -0.494 e. The fourth-order valence-electron chi connectivity index (χ4n) is 3.33. The van der Waals surface area contributed by atoms with Gasteiger partial charge in [0.1, 0.15) is 11.9 Å². The molecule has 1 aliphatic heterocycles. The molecule has 4 rings (SSSR count). The normalized spacial score (nSPS) is 17.4. The second-order valence-electron chi connectivity index (χ2n) is 7.38. The number of ether oxygens (including phenoxy) is 1. The molecule has 1 aliphatic carbocycles. The monoisotopic (exact) mass is 448 g/mol. The molecule has 0 amide bonds. The first-order valence-electron chi connectivity index (χ1n) is 10.1. The van der Waals surface area contributed by atoms with Crippen molar-refractivity contribution in [2.45, 2.75) is 30.7 Å². The van der Waals surface area contributed by atoms with Crippen molar-refractivity contribution >= 4 is 27.5 Å². The van der Waals surface area contributed by atoms with Crippen LogP contribution in [0.5, 0.6) is 5.75 Å². The van der Waals surface area contributed by atoms with Crippen LogP contribution in [0.15, 0.2) is 35.4 Å². The Labute approximate surface area is 180 Å². The Balaban J connectivity index is 1.45. The van der Waals surface area contributed by atoms with Gasteiger partial charge in [0, 0.05) is 32.2 Å². The number of rotatable bonds is 8. The molecule has 1 N–H and O–H groups in total. The maximum atomic E-state index is 13.0. The zero-order chi connectivity index (χ0) is 22.0. The predicted molar refractivity (Wildman–Crippen MR) is 114 cm³/mol. The standard InChI is InChI=1S/C19H24N6O5S/c1-2-30-15-5-7-16(8-6-15)31(28,29)24-11-9-23(10-12-24)19-20-13-17(25(26)27)18(22-19)21-14-3-4-14/h5-8,13-14H,2-4,9-12H2,1H3,(H,20,21,22). The van der Waals surface area contributed by atoms with E-state index in [1.807, 2.05) is 11.8 Å². The van der Waals surface area contributed by atoms with E-state index < -0.39 is 14.9 Å². The molecule has 11 nitrogen and oxygen atoms in total.